The lowest BCUT2D eigenvalue weighted by Crippen LogP contribution is -2.11. The maximum Gasteiger partial charge on any atom is 0.255 e. The van der Waals surface area contributed by atoms with Gasteiger partial charge in [-0.2, -0.15) is 0 Å². The van der Waals surface area contributed by atoms with Crippen molar-refractivity contribution in [3.8, 4) is 17.2 Å². The first-order valence-electron chi connectivity index (χ1n) is 7.53. The Hall–Kier alpha value is -3.27. The highest BCUT2D eigenvalue weighted by molar-refractivity contribution is 6.04. The van der Waals surface area contributed by atoms with E-state index in [0.717, 1.165) is 0 Å². The summed E-state index contributed by atoms with van der Waals surface area (Å²) in [4.78, 5) is 12.3. The first-order chi connectivity index (χ1) is 11.7. The molecule has 0 aliphatic carbocycles. The summed E-state index contributed by atoms with van der Waals surface area (Å²) in [6.45, 7) is 0. The van der Waals surface area contributed by atoms with E-state index in [9.17, 15) is 4.79 Å². The third kappa shape index (κ3) is 3.93. The minimum atomic E-state index is -0.186. The van der Waals surface area contributed by atoms with E-state index in [1.807, 2.05) is 48.5 Å². The molecule has 0 fully saturated rings. The van der Waals surface area contributed by atoms with E-state index >= 15 is 0 Å². The summed E-state index contributed by atoms with van der Waals surface area (Å²) < 4.78 is 11.1. The first-order valence-corrected chi connectivity index (χ1v) is 7.53. The maximum atomic E-state index is 12.3. The van der Waals surface area contributed by atoms with Crippen LogP contribution in [0.25, 0.3) is 0 Å². The highest BCUT2D eigenvalue weighted by Crippen LogP contribution is 2.29. The Kier molecular flexibility index (Phi) is 4.77. The number of benzene rings is 3. The molecule has 0 spiro atoms. The molecular weight excluding hydrogens is 302 g/mol. The number of nitrogens with one attached hydrogen (secondary N) is 1. The second kappa shape index (κ2) is 7.33. The molecule has 3 rings (SSSR count). The third-order valence-electron chi connectivity index (χ3n) is 3.39. The molecule has 0 saturated carbocycles. The monoisotopic (exact) mass is 319 g/mol. The zero-order valence-corrected chi connectivity index (χ0v) is 13.2. The van der Waals surface area contributed by atoms with Crippen LogP contribution in [0.2, 0.25) is 0 Å². The summed E-state index contributed by atoms with van der Waals surface area (Å²) >= 11 is 0. The van der Waals surface area contributed by atoms with Gasteiger partial charge < -0.3 is 14.8 Å². The molecule has 1 N–H and O–H groups in total. The highest BCUT2D eigenvalue weighted by atomic mass is 16.5. The molecule has 1 amide bonds. The van der Waals surface area contributed by atoms with E-state index in [1.165, 1.54) is 0 Å². The minimum Gasteiger partial charge on any atom is -0.497 e. The van der Waals surface area contributed by atoms with E-state index < -0.39 is 0 Å². The van der Waals surface area contributed by atoms with Gasteiger partial charge in [0, 0.05) is 29.4 Å². The molecule has 0 aromatic heterocycles. The second-order valence-corrected chi connectivity index (χ2v) is 5.13. The number of carbonyl (C=O) groups is 1. The lowest BCUT2D eigenvalue weighted by Gasteiger charge is -2.11. The fraction of sp³-hybridized carbons (Fsp3) is 0.0500. The molecule has 24 heavy (non-hydrogen) atoms. The minimum absolute atomic E-state index is 0.186. The number of para-hydroxylation sites is 1. The Balaban J connectivity index is 1.82. The molecule has 0 atom stereocenters. The predicted molar refractivity (Wildman–Crippen MR) is 93.9 cm³/mol. The van der Waals surface area contributed by atoms with Gasteiger partial charge in [0.2, 0.25) is 0 Å². The normalized spacial score (nSPS) is 10.0. The smallest absolute Gasteiger partial charge is 0.255 e. The van der Waals surface area contributed by atoms with Crippen LogP contribution in [-0.2, 0) is 0 Å². The molecule has 0 aliphatic rings. The van der Waals surface area contributed by atoms with Crippen LogP contribution >= 0.6 is 0 Å². The van der Waals surface area contributed by atoms with Crippen LogP contribution in [-0.4, -0.2) is 13.0 Å². The summed E-state index contributed by atoms with van der Waals surface area (Å²) in [6.07, 6.45) is 0. The highest BCUT2D eigenvalue weighted by Gasteiger charge is 2.09. The van der Waals surface area contributed by atoms with E-state index in [-0.39, 0.29) is 5.91 Å². The zero-order chi connectivity index (χ0) is 16.8. The van der Waals surface area contributed by atoms with Gasteiger partial charge in [-0.1, -0.05) is 36.4 Å². The lowest BCUT2D eigenvalue weighted by atomic mass is 10.2. The van der Waals surface area contributed by atoms with Gasteiger partial charge in [0.05, 0.1) is 7.11 Å². The van der Waals surface area contributed by atoms with Crippen molar-refractivity contribution in [3.05, 3.63) is 84.4 Å². The number of amides is 1. The number of ether oxygens (including phenoxy) is 2. The largest absolute Gasteiger partial charge is 0.497 e. The Morgan fingerprint density at radius 2 is 1.42 bits per heavy atom. The average Bonchev–Trinajstić information content (AvgIpc) is 2.63. The summed E-state index contributed by atoms with van der Waals surface area (Å²) in [5.41, 5.74) is 1.19. The van der Waals surface area contributed by atoms with Crippen LogP contribution in [0.5, 0.6) is 17.2 Å². The van der Waals surface area contributed by atoms with Gasteiger partial charge in [-0.3, -0.25) is 4.79 Å². The van der Waals surface area contributed by atoms with Gasteiger partial charge in [-0.15, -0.1) is 0 Å². The van der Waals surface area contributed by atoms with Crippen molar-refractivity contribution in [2.45, 2.75) is 0 Å². The van der Waals surface area contributed by atoms with Crippen LogP contribution < -0.4 is 14.8 Å². The zero-order valence-electron chi connectivity index (χ0n) is 13.2. The third-order valence-corrected chi connectivity index (χ3v) is 3.39. The quantitative estimate of drug-likeness (QED) is 0.739. The van der Waals surface area contributed by atoms with E-state index in [0.29, 0.717) is 28.5 Å². The summed E-state index contributed by atoms with van der Waals surface area (Å²) in [6, 6.07) is 23.8. The van der Waals surface area contributed by atoms with Crippen molar-refractivity contribution in [2.75, 3.05) is 12.4 Å². The molecule has 0 heterocycles. The SMILES string of the molecule is COc1cc(NC(=O)c2ccccc2)cc(Oc2ccccc2)c1. The van der Waals surface area contributed by atoms with Crippen LogP contribution in [0.15, 0.2) is 78.9 Å². The van der Waals surface area contributed by atoms with Crippen molar-refractivity contribution in [2.24, 2.45) is 0 Å². The van der Waals surface area contributed by atoms with Gasteiger partial charge in [-0.05, 0) is 24.3 Å². The first kappa shape index (κ1) is 15.6. The van der Waals surface area contributed by atoms with E-state index in [1.54, 1.807) is 37.4 Å². The Morgan fingerprint density at radius 1 is 0.792 bits per heavy atom. The number of methoxy groups -OCH3 is 1. The lowest BCUT2D eigenvalue weighted by molar-refractivity contribution is 0.102. The molecule has 3 aromatic rings. The fourth-order valence-corrected chi connectivity index (χ4v) is 2.24. The number of carbonyl (C=O) groups excluding carboxylic acids is 1. The van der Waals surface area contributed by atoms with Crippen LogP contribution in [0, 0.1) is 0 Å². The maximum absolute atomic E-state index is 12.3. The summed E-state index contributed by atoms with van der Waals surface area (Å²) in [7, 11) is 1.57. The topological polar surface area (TPSA) is 47.6 Å². The Labute approximate surface area is 140 Å². The fourth-order valence-electron chi connectivity index (χ4n) is 2.24. The summed E-state index contributed by atoms with van der Waals surface area (Å²) in [5.74, 6) is 1.72. The Bertz CT molecular complexity index is 817. The van der Waals surface area contributed by atoms with Gasteiger partial charge in [0.25, 0.3) is 5.91 Å². The molecule has 0 radical (unpaired) electrons. The Morgan fingerprint density at radius 3 is 2.08 bits per heavy atom. The number of anilines is 1. The molecular formula is C20H17NO3. The molecule has 0 saturated heterocycles. The van der Waals surface area contributed by atoms with Gasteiger partial charge in [0.1, 0.15) is 17.2 Å². The van der Waals surface area contributed by atoms with Crippen molar-refractivity contribution < 1.29 is 14.3 Å². The van der Waals surface area contributed by atoms with E-state index in [2.05, 4.69) is 5.32 Å². The number of rotatable bonds is 5. The molecule has 3 aromatic carbocycles. The molecule has 120 valence electrons. The van der Waals surface area contributed by atoms with Crippen LogP contribution in [0.4, 0.5) is 5.69 Å². The van der Waals surface area contributed by atoms with Crippen LogP contribution in [0.3, 0.4) is 0 Å². The second-order valence-electron chi connectivity index (χ2n) is 5.13. The van der Waals surface area contributed by atoms with Crippen molar-refractivity contribution >= 4 is 11.6 Å². The number of hydrogen-bond donors (Lipinski definition) is 1. The molecule has 4 nitrogen and oxygen atoms in total. The predicted octanol–water partition coefficient (Wildman–Crippen LogP) is 4.74. The van der Waals surface area contributed by atoms with Crippen LogP contribution in [0.1, 0.15) is 10.4 Å². The van der Waals surface area contributed by atoms with Crippen molar-refractivity contribution in [3.63, 3.8) is 0 Å². The number of hydrogen-bond acceptors (Lipinski definition) is 3. The van der Waals surface area contributed by atoms with Gasteiger partial charge in [0.15, 0.2) is 0 Å². The standard InChI is InChI=1S/C20H17NO3/c1-23-18-12-16(21-20(22)15-8-4-2-5-9-15)13-19(14-18)24-17-10-6-3-7-11-17/h2-14H,1H3,(H,21,22). The summed E-state index contributed by atoms with van der Waals surface area (Å²) in [5, 5.41) is 2.86. The van der Waals surface area contributed by atoms with Crippen molar-refractivity contribution in [1.82, 2.24) is 0 Å². The molecule has 0 unspecified atom stereocenters. The van der Waals surface area contributed by atoms with E-state index in [4.69, 9.17) is 9.47 Å². The van der Waals surface area contributed by atoms with Gasteiger partial charge >= 0.3 is 0 Å². The van der Waals surface area contributed by atoms with Crippen molar-refractivity contribution in [1.29, 1.82) is 0 Å². The molecule has 0 aliphatic heterocycles. The van der Waals surface area contributed by atoms with Gasteiger partial charge in [-0.25, -0.2) is 0 Å². The molecule has 0 bridgehead atoms. The molecule has 4 heteroatoms. The average molecular weight is 319 g/mol.